The number of carboxylic acid groups (broad SMARTS) is 6. The standard InChI is InChI=1S/2C6H8O7.3Na/c2*7-3(8)1-6(13,5(11)12)2-4(9)10;;;/h2*13H,1-2H2,(H,7,8)(H,9,10)(H,11,12);;;/q;;3*+1/p-3. The van der Waals surface area contributed by atoms with E-state index in [0.717, 1.165) is 0 Å². The van der Waals surface area contributed by atoms with Crippen molar-refractivity contribution in [3.63, 3.8) is 0 Å². The number of rotatable bonds is 10. The Kier molecular flexibility index (Phi) is 23.6. The summed E-state index contributed by atoms with van der Waals surface area (Å²) < 4.78 is 0. The molecule has 5 N–H and O–H groups in total. The number of hydrogen-bond acceptors (Lipinski definition) is 11. The number of aliphatic carboxylic acids is 6. The fraction of sp³-hybridized carbons (Fsp3) is 0.500. The van der Waals surface area contributed by atoms with E-state index in [4.69, 9.17) is 25.5 Å². The molecule has 0 atom stereocenters. The molecule has 17 heteroatoms. The summed E-state index contributed by atoms with van der Waals surface area (Å²) in [6, 6.07) is 0. The third kappa shape index (κ3) is 18.2. The Hall–Kier alpha value is -0.260. The van der Waals surface area contributed by atoms with Gasteiger partial charge in [0, 0.05) is 24.8 Å². The Balaban J connectivity index is -0.000000120. The molecule has 0 bridgehead atoms. The molecule has 0 unspecified atom stereocenters. The van der Waals surface area contributed by atoms with Crippen LogP contribution in [0.5, 0.6) is 0 Å². The maximum atomic E-state index is 10.3. The fourth-order valence-electron chi connectivity index (χ4n) is 1.40. The predicted octanol–water partition coefficient (Wildman–Crippen LogP) is -15.5. The molecule has 0 aromatic carbocycles. The number of aliphatic hydroxyl groups is 2. The van der Waals surface area contributed by atoms with Gasteiger partial charge in [-0.1, -0.05) is 0 Å². The Morgan fingerprint density at radius 3 is 1.00 bits per heavy atom. The molecule has 0 aromatic rings. The predicted molar refractivity (Wildman–Crippen MR) is 66.3 cm³/mol. The van der Waals surface area contributed by atoms with E-state index in [-0.39, 0.29) is 88.7 Å². The summed E-state index contributed by atoms with van der Waals surface area (Å²) in [6.07, 6.45) is -5.00. The summed E-state index contributed by atoms with van der Waals surface area (Å²) in [6.45, 7) is 0. The molecule has 0 amide bonds. The van der Waals surface area contributed by atoms with Crippen LogP contribution in [-0.4, -0.2) is 72.6 Å². The molecule has 0 fully saturated rings. The topological polar surface area (TPSA) is 273 Å². The van der Waals surface area contributed by atoms with Crippen LogP contribution in [0.3, 0.4) is 0 Å². The molecule has 0 aliphatic carbocycles. The minimum atomic E-state index is -2.97. The van der Waals surface area contributed by atoms with Crippen LogP contribution in [0.15, 0.2) is 0 Å². The van der Waals surface area contributed by atoms with Crippen LogP contribution in [0.2, 0.25) is 0 Å². The Labute approximate surface area is 228 Å². The molecule has 0 aliphatic heterocycles. The van der Waals surface area contributed by atoms with E-state index in [9.17, 15) is 44.1 Å². The van der Waals surface area contributed by atoms with Crippen molar-refractivity contribution in [1.29, 1.82) is 0 Å². The second kappa shape index (κ2) is 17.4. The van der Waals surface area contributed by atoms with Crippen molar-refractivity contribution in [1.82, 2.24) is 0 Å². The van der Waals surface area contributed by atoms with E-state index in [0.29, 0.717) is 0 Å². The zero-order valence-corrected chi connectivity index (χ0v) is 21.7. The van der Waals surface area contributed by atoms with Crippen LogP contribution in [0.4, 0.5) is 0 Å². The van der Waals surface area contributed by atoms with Crippen molar-refractivity contribution in [2.75, 3.05) is 0 Å². The van der Waals surface area contributed by atoms with Gasteiger partial charge in [0.25, 0.3) is 0 Å². The second-order valence-electron chi connectivity index (χ2n) is 4.89. The number of carbonyl (C=O) groups is 6. The maximum Gasteiger partial charge on any atom is 1.00 e. The van der Waals surface area contributed by atoms with E-state index in [1.54, 1.807) is 0 Å². The third-order valence-electron chi connectivity index (χ3n) is 2.54. The van der Waals surface area contributed by atoms with Crippen molar-refractivity contribution < 1.29 is 158 Å². The van der Waals surface area contributed by atoms with Crippen molar-refractivity contribution in [2.24, 2.45) is 0 Å². The van der Waals surface area contributed by atoms with Crippen molar-refractivity contribution in [3.8, 4) is 0 Å². The van der Waals surface area contributed by atoms with Gasteiger partial charge in [-0.05, 0) is 0 Å². The SMILES string of the molecule is O=C(O)CC(O)(CC(=O)O)C(=O)O.O=C([O-])CC(O)(CC(=O)[O-])C(=O)[O-].[Na+].[Na+].[Na+]. The zero-order valence-electron chi connectivity index (χ0n) is 15.7. The number of hydrogen-bond donors (Lipinski definition) is 5. The summed E-state index contributed by atoms with van der Waals surface area (Å²) in [5, 5.41) is 72.7. The number of carboxylic acids is 6. The van der Waals surface area contributed by atoms with Crippen molar-refractivity contribution in [2.45, 2.75) is 36.9 Å². The Bertz CT molecular complexity index is 521. The molecule has 148 valence electrons. The normalized spacial score (nSPS) is 9.72. The molecule has 0 spiro atoms. The summed E-state index contributed by atoms with van der Waals surface area (Å²) in [5.74, 6) is -11.0. The van der Waals surface area contributed by atoms with Crippen LogP contribution in [0.1, 0.15) is 25.7 Å². The molecule has 0 aromatic heterocycles. The first-order chi connectivity index (χ1) is 11.6. The molecule has 14 nitrogen and oxygen atoms in total. The van der Waals surface area contributed by atoms with Gasteiger partial charge in [-0.25, -0.2) is 4.79 Å². The van der Waals surface area contributed by atoms with Crippen molar-refractivity contribution >= 4 is 35.8 Å². The zero-order chi connectivity index (χ0) is 21.3. The Morgan fingerprint density at radius 1 is 0.586 bits per heavy atom. The van der Waals surface area contributed by atoms with Crippen LogP contribution in [0, 0.1) is 0 Å². The smallest absolute Gasteiger partial charge is 0.550 e. The van der Waals surface area contributed by atoms with E-state index in [1.165, 1.54) is 0 Å². The van der Waals surface area contributed by atoms with Gasteiger partial charge in [0.05, 0.1) is 18.8 Å². The molecule has 0 heterocycles. The quantitative estimate of drug-likeness (QED) is 0.193. The molecule has 0 saturated heterocycles. The minimum absolute atomic E-state index is 0. The van der Waals surface area contributed by atoms with Gasteiger partial charge >= 0.3 is 107 Å². The van der Waals surface area contributed by atoms with Crippen LogP contribution in [-0.2, 0) is 28.8 Å². The van der Waals surface area contributed by atoms with E-state index in [2.05, 4.69) is 0 Å². The minimum Gasteiger partial charge on any atom is -0.550 e. The van der Waals surface area contributed by atoms with Gasteiger partial charge in [-0.15, -0.1) is 0 Å². The van der Waals surface area contributed by atoms with Gasteiger partial charge in [0.1, 0.15) is 5.60 Å². The first-order valence-corrected chi connectivity index (χ1v) is 6.28. The van der Waals surface area contributed by atoms with Crippen molar-refractivity contribution in [3.05, 3.63) is 0 Å². The fourth-order valence-corrected chi connectivity index (χ4v) is 1.40. The van der Waals surface area contributed by atoms with Crippen LogP contribution >= 0.6 is 0 Å². The maximum absolute atomic E-state index is 10.3. The van der Waals surface area contributed by atoms with Gasteiger partial charge < -0.3 is 55.2 Å². The third-order valence-corrected chi connectivity index (χ3v) is 2.54. The summed E-state index contributed by atoms with van der Waals surface area (Å²) in [7, 11) is 0. The molecule has 0 aliphatic rings. The summed E-state index contributed by atoms with van der Waals surface area (Å²) >= 11 is 0. The molecule has 0 radical (unpaired) electrons. The van der Waals surface area contributed by atoms with Gasteiger partial charge in [-0.2, -0.15) is 0 Å². The molecule has 0 saturated carbocycles. The average Bonchev–Trinajstić information content (AvgIpc) is 2.34. The molecular weight excluding hydrogens is 437 g/mol. The molecule has 0 rings (SSSR count). The van der Waals surface area contributed by atoms with Crippen LogP contribution in [0.25, 0.3) is 0 Å². The average molecular weight is 450 g/mol. The largest absolute Gasteiger partial charge is 1.00 e. The van der Waals surface area contributed by atoms with E-state index >= 15 is 0 Å². The number of carbonyl (C=O) groups excluding carboxylic acids is 3. The second-order valence-corrected chi connectivity index (χ2v) is 4.89. The summed E-state index contributed by atoms with van der Waals surface area (Å²) in [5.41, 5.74) is -5.71. The van der Waals surface area contributed by atoms with Gasteiger partial charge in [0.2, 0.25) is 0 Å². The monoisotopic (exact) mass is 450 g/mol. The van der Waals surface area contributed by atoms with Gasteiger partial charge in [-0.3, -0.25) is 9.59 Å². The van der Waals surface area contributed by atoms with E-state index in [1.807, 2.05) is 0 Å². The van der Waals surface area contributed by atoms with Crippen LogP contribution < -0.4 is 104 Å². The van der Waals surface area contributed by atoms with Gasteiger partial charge in [0.15, 0.2) is 5.60 Å². The Morgan fingerprint density at radius 2 is 0.862 bits per heavy atom. The molecular formula is C12H13Na3O14. The summed E-state index contributed by atoms with van der Waals surface area (Å²) in [4.78, 5) is 60.5. The first-order valence-electron chi connectivity index (χ1n) is 6.28. The first kappa shape index (κ1) is 39.2. The molecule has 29 heavy (non-hydrogen) atoms. The van der Waals surface area contributed by atoms with E-state index < -0.39 is 72.7 Å².